The zero-order valence-corrected chi connectivity index (χ0v) is 14.8. The first kappa shape index (κ1) is 17.5. The number of aromatic hydroxyl groups is 1. The van der Waals surface area contributed by atoms with Gasteiger partial charge in [-0.25, -0.2) is 0 Å². The predicted molar refractivity (Wildman–Crippen MR) is 98.7 cm³/mol. The number of carbonyl (C=O) groups excluding carboxylic acids is 1. The van der Waals surface area contributed by atoms with Gasteiger partial charge in [-0.05, 0) is 79.8 Å². The standard InChI is InChI=1S/C22H26O3/c1-16-2-10-19(11-3-16)22(24)25-21-14-8-18(9-15-21)5-4-17-6-12-20(23)13-7-17/h6-9,12-16,19,23H,2-5,10-11H2,1H3. The van der Waals surface area contributed by atoms with Crippen molar-refractivity contribution in [3.63, 3.8) is 0 Å². The van der Waals surface area contributed by atoms with E-state index in [-0.39, 0.29) is 11.9 Å². The van der Waals surface area contributed by atoms with Gasteiger partial charge in [-0.2, -0.15) is 0 Å². The van der Waals surface area contributed by atoms with E-state index in [1.54, 1.807) is 12.1 Å². The Morgan fingerprint density at radius 3 is 2.00 bits per heavy atom. The summed E-state index contributed by atoms with van der Waals surface area (Å²) in [6.07, 6.45) is 5.97. The second kappa shape index (κ2) is 8.19. The Bertz CT molecular complexity index is 680. The van der Waals surface area contributed by atoms with Crippen LogP contribution in [0.4, 0.5) is 0 Å². The molecule has 25 heavy (non-hydrogen) atoms. The molecule has 0 aromatic heterocycles. The van der Waals surface area contributed by atoms with E-state index in [1.807, 2.05) is 36.4 Å². The van der Waals surface area contributed by atoms with Gasteiger partial charge in [0.15, 0.2) is 0 Å². The van der Waals surface area contributed by atoms with Crippen molar-refractivity contribution in [1.82, 2.24) is 0 Å². The smallest absolute Gasteiger partial charge is 0.314 e. The zero-order valence-electron chi connectivity index (χ0n) is 14.8. The lowest BCUT2D eigenvalue weighted by Gasteiger charge is -2.24. The van der Waals surface area contributed by atoms with Crippen molar-refractivity contribution in [3.05, 3.63) is 59.7 Å². The van der Waals surface area contributed by atoms with Crippen LogP contribution in [0.1, 0.15) is 43.7 Å². The van der Waals surface area contributed by atoms with E-state index in [9.17, 15) is 9.90 Å². The molecule has 0 aliphatic heterocycles. The number of esters is 1. The molecule has 0 atom stereocenters. The lowest BCUT2D eigenvalue weighted by Crippen LogP contribution is -2.24. The van der Waals surface area contributed by atoms with Gasteiger partial charge in [-0.15, -0.1) is 0 Å². The topological polar surface area (TPSA) is 46.5 Å². The third kappa shape index (κ3) is 5.09. The number of phenols is 1. The molecule has 3 nitrogen and oxygen atoms in total. The molecule has 3 rings (SSSR count). The van der Waals surface area contributed by atoms with Crippen molar-refractivity contribution in [2.45, 2.75) is 45.4 Å². The molecule has 0 amide bonds. The molecule has 1 saturated carbocycles. The summed E-state index contributed by atoms with van der Waals surface area (Å²) in [6, 6.07) is 15.1. The van der Waals surface area contributed by atoms with Crippen LogP contribution in [-0.4, -0.2) is 11.1 Å². The fourth-order valence-corrected chi connectivity index (χ4v) is 3.37. The summed E-state index contributed by atoms with van der Waals surface area (Å²) in [5, 5.41) is 9.31. The Hall–Kier alpha value is -2.29. The maximum Gasteiger partial charge on any atom is 0.314 e. The lowest BCUT2D eigenvalue weighted by molar-refractivity contribution is -0.140. The summed E-state index contributed by atoms with van der Waals surface area (Å²) in [5.41, 5.74) is 2.40. The first-order chi connectivity index (χ1) is 12.1. The third-order valence-corrected chi connectivity index (χ3v) is 5.13. The average Bonchev–Trinajstić information content (AvgIpc) is 2.63. The molecule has 0 radical (unpaired) electrons. The third-order valence-electron chi connectivity index (χ3n) is 5.13. The van der Waals surface area contributed by atoms with Crippen molar-refractivity contribution >= 4 is 5.97 Å². The summed E-state index contributed by atoms with van der Waals surface area (Å²) in [5.74, 6) is 1.64. The maximum atomic E-state index is 12.3. The van der Waals surface area contributed by atoms with Gasteiger partial charge in [0.2, 0.25) is 0 Å². The Morgan fingerprint density at radius 2 is 1.44 bits per heavy atom. The summed E-state index contributed by atoms with van der Waals surface area (Å²) < 4.78 is 5.55. The normalized spacial score (nSPS) is 20.2. The molecule has 132 valence electrons. The van der Waals surface area contributed by atoms with Crippen LogP contribution in [0.25, 0.3) is 0 Å². The van der Waals surface area contributed by atoms with Crippen molar-refractivity contribution in [3.8, 4) is 11.5 Å². The SMILES string of the molecule is CC1CCC(C(=O)Oc2ccc(CCc3ccc(O)cc3)cc2)CC1. The highest BCUT2D eigenvalue weighted by Gasteiger charge is 2.25. The second-order valence-electron chi connectivity index (χ2n) is 7.19. The molecular formula is C22H26O3. The molecule has 1 aliphatic carbocycles. The van der Waals surface area contributed by atoms with Crippen LogP contribution in [0, 0.1) is 11.8 Å². The van der Waals surface area contributed by atoms with E-state index < -0.39 is 0 Å². The average molecular weight is 338 g/mol. The number of ether oxygens (including phenoxy) is 1. The fourth-order valence-electron chi connectivity index (χ4n) is 3.37. The molecule has 0 unspecified atom stereocenters. The molecule has 0 saturated heterocycles. The van der Waals surface area contributed by atoms with Crippen LogP contribution in [-0.2, 0) is 17.6 Å². The molecular weight excluding hydrogens is 312 g/mol. The summed E-state index contributed by atoms with van der Waals surface area (Å²) in [6.45, 7) is 2.25. The van der Waals surface area contributed by atoms with E-state index in [1.165, 1.54) is 11.1 Å². The van der Waals surface area contributed by atoms with Crippen molar-refractivity contribution < 1.29 is 14.6 Å². The van der Waals surface area contributed by atoms with Gasteiger partial charge in [-0.1, -0.05) is 31.2 Å². The molecule has 3 heteroatoms. The van der Waals surface area contributed by atoms with Gasteiger partial charge in [0.1, 0.15) is 11.5 Å². The molecule has 2 aromatic rings. The minimum absolute atomic E-state index is 0.0605. The largest absolute Gasteiger partial charge is 0.508 e. The quantitative estimate of drug-likeness (QED) is 0.622. The Labute approximate surface area is 149 Å². The number of aryl methyl sites for hydroxylation is 2. The minimum Gasteiger partial charge on any atom is -0.508 e. The van der Waals surface area contributed by atoms with Crippen molar-refractivity contribution in [2.75, 3.05) is 0 Å². The number of carbonyl (C=O) groups is 1. The van der Waals surface area contributed by atoms with Crippen LogP contribution < -0.4 is 4.74 Å². The molecule has 1 aliphatic rings. The van der Waals surface area contributed by atoms with Gasteiger partial charge in [0.05, 0.1) is 5.92 Å². The van der Waals surface area contributed by atoms with Crippen molar-refractivity contribution in [1.29, 1.82) is 0 Å². The van der Waals surface area contributed by atoms with E-state index >= 15 is 0 Å². The van der Waals surface area contributed by atoms with Gasteiger partial charge in [-0.3, -0.25) is 4.79 Å². The number of benzene rings is 2. The Kier molecular flexibility index (Phi) is 5.75. The first-order valence-electron chi connectivity index (χ1n) is 9.18. The molecule has 0 heterocycles. The van der Waals surface area contributed by atoms with Gasteiger partial charge in [0.25, 0.3) is 0 Å². The van der Waals surface area contributed by atoms with Gasteiger partial charge < -0.3 is 9.84 Å². The zero-order chi connectivity index (χ0) is 17.6. The Balaban J connectivity index is 1.50. The van der Waals surface area contributed by atoms with Gasteiger partial charge in [0, 0.05) is 0 Å². The number of hydrogen-bond acceptors (Lipinski definition) is 3. The molecule has 0 bridgehead atoms. The van der Waals surface area contributed by atoms with Crippen LogP contribution >= 0.6 is 0 Å². The lowest BCUT2D eigenvalue weighted by atomic mass is 9.83. The highest BCUT2D eigenvalue weighted by molar-refractivity contribution is 5.75. The van der Waals surface area contributed by atoms with Crippen molar-refractivity contribution in [2.24, 2.45) is 11.8 Å². The van der Waals surface area contributed by atoms with Crippen LogP contribution in [0.5, 0.6) is 11.5 Å². The fraction of sp³-hybridized carbons (Fsp3) is 0.409. The summed E-state index contributed by atoms with van der Waals surface area (Å²) in [4.78, 5) is 12.3. The molecule has 1 N–H and O–H groups in total. The molecule has 0 spiro atoms. The van der Waals surface area contributed by atoms with Crippen LogP contribution in [0.15, 0.2) is 48.5 Å². The highest BCUT2D eigenvalue weighted by atomic mass is 16.5. The second-order valence-corrected chi connectivity index (χ2v) is 7.19. The van der Waals surface area contributed by atoms with Crippen LogP contribution in [0.2, 0.25) is 0 Å². The van der Waals surface area contributed by atoms with Gasteiger partial charge >= 0.3 is 5.97 Å². The minimum atomic E-state index is -0.0799. The number of rotatable bonds is 5. The van der Waals surface area contributed by atoms with Crippen LogP contribution in [0.3, 0.4) is 0 Å². The van der Waals surface area contributed by atoms with E-state index in [4.69, 9.17) is 4.74 Å². The first-order valence-corrected chi connectivity index (χ1v) is 9.18. The number of hydrogen-bond donors (Lipinski definition) is 1. The molecule has 1 fully saturated rings. The molecule has 2 aromatic carbocycles. The number of phenolic OH excluding ortho intramolecular Hbond substituents is 1. The van der Waals surface area contributed by atoms with E-state index in [0.717, 1.165) is 44.4 Å². The van der Waals surface area contributed by atoms with E-state index in [2.05, 4.69) is 6.92 Å². The maximum absolute atomic E-state index is 12.3. The predicted octanol–water partition coefficient (Wildman–Crippen LogP) is 4.91. The summed E-state index contributed by atoms with van der Waals surface area (Å²) in [7, 11) is 0. The Morgan fingerprint density at radius 1 is 0.920 bits per heavy atom. The highest BCUT2D eigenvalue weighted by Crippen LogP contribution is 2.29. The van der Waals surface area contributed by atoms with E-state index in [0.29, 0.717) is 11.5 Å². The summed E-state index contributed by atoms with van der Waals surface area (Å²) >= 11 is 0. The monoisotopic (exact) mass is 338 g/mol.